The molecule has 1 saturated heterocycles. The quantitative estimate of drug-likeness (QED) is 0.732. The number of rotatable bonds is 3. The fraction of sp³-hybridized carbons (Fsp3) is 0.333. The first-order valence-corrected chi connectivity index (χ1v) is 9.25. The molecule has 0 radical (unpaired) electrons. The number of aromatic nitrogens is 1. The van der Waals surface area contributed by atoms with Crippen molar-refractivity contribution in [3.63, 3.8) is 0 Å². The van der Waals surface area contributed by atoms with Crippen LogP contribution in [0.2, 0.25) is 0 Å². The number of fused-ring (bicyclic) bond motifs is 1. The summed E-state index contributed by atoms with van der Waals surface area (Å²) in [4.78, 5) is 18.6. The Balaban J connectivity index is 1.35. The van der Waals surface area contributed by atoms with E-state index in [9.17, 15) is 9.90 Å². The van der Waals surface area contributed by atoms with Crippen LogP contribution in [0.25, 0.3) is 11.0 Å². The monoisotopic (exact) mass is 365 g/mol. The second kappa shape index (κ2) is 7.40. The number of benzene rings is 1. The van der Waals surface area contributed by atoms with Crippen molar-refractivity contribution >= 4 is 22.7 Å². The third-order valence-corrected chi connectivity index (χ3v) is 5.15. The number of carbonyl (C=O) groups excluding carboxylic acids is 1. The Morgan fingerprint density at radius 2 is 2.07 bits per heavy atom. The SMILES string of the molecule is Cc1cc2cc(NC(=O)N3CCC([C@H](O)c4ccccn4)CC3)ccc2o1. The average Bonchev–Trinajstić information content (AvgIpc) is 3.07. The van der Waals surface area contributed by atoms with Gasteiger partial charge in [0.15, 0.2) is 0 Å². The Kier molecular flexibility index (Phi) is 4.81. The molecule has 27 heavy (non-hydrogen) atoms. The molecule has 2 N–H and O–H groups in total. The summed E-state index contributed by atoms with van der Waals surface area (Å²) in [6.07, 6.45) is 2.62. The first-order chi connectivity index (χ1) is 13.1. The fourth-order valence-electron chi connectivity index (χ4n) is 3.67. The Morgan fingerprint density at radius 1 is 1.26 bits per heavy atom. The van der Waals surface area contributed by atoms with Crippen molar-refractivity contribution in [3.8, 4) is 0 Å². The standard InChI is InChI=1S/C21H23N3O3/c1-14-12-16-13-17(5-6-19(16)27-14)23-21(26)24-10-7-15(8-11-24)20(25)18-4-2-3-9-22-18/h2-6,9,12-13,15,20,25H,7-8,10-11H2,1H3,(H,23,26)/t20-/m0/s1. The second-order valence-corrected chi connectivity index (χ2v) is 7.06. The maximum absolute atomic E-state index is 12.6. The number of piperidine rings is 1. The summed E-state index contributed by atoms with van der Waals surface area (Å²) in [6.45, 7) is 3.14. The van der Waals surface area contributed by atoms with Gasteiger partial charge < -0.3 is 19.7 Å². The first kappa shape index (κ1) is 17.5. The zero-order valence-electron chi connectivity index (χ0n) is 15.3. The molecule has 2 aromatic heterocycles. The lowest BCUT2D eigenvalue weighted by Gasteiger charge is -2.34. The molecule has 1 aromatic carbocycles. The highest BCUT2D eigenvalue weighted by Gasteiger charge is 2.28. The molecule has 3 heterocycles. The number of nitrogens with one attached hydrogen (secondary N) is 1. The van der Waals surface area contributed by atoms with E-state index in [0.717, 1.165) is 35.3 Å². The molecule has 1 aliphatic rings. The van der Waals surface area contributed by atoms with Crippen LogP contribution < -0.4 is 5.32 Å². The van der Waals surface area contributed by atoms with Gasteiger partial charge in [-0.05, 0) is 62.1 Å². The number of urea groups is 1. The summed E-state index contributed by atoms with van der Waals surface area (Å²) in [5.41, 5.74) is 2.27. The highest BCUT2D eigenvalue weighted by Crippen LogP contribution is 2.30. The van der Waals surface area contributed by atoms with Gasteiger partial charge in [-0.15, -0.1) is 0 Å². The fourth-order valence-corrected chi connectivity index (χ4v) is 3.67. The minimum absolute atomic E-state index is 0.111. The Labute approximate surface area is 157 Å². The van der Waals surface area contributed by atoms with Crippen molar-refractivity contribution in [3.05, 3.63) is 60.1 Å². The number of amides is 2. The second-order valence-electron chi connectivity index (χ2n) is 7.06. The number of likely N-dealkylation sites (tertiary alicyclic amines) is 1. The first-order valence-electron chi connectivity index (χ1n) is 9.25. The lowest BCUT2D eigenvalue weighted by atomic mass is 9.89. The van der Waals surface area contributed by atoms with E-state index in [1.165, 1.54) is 0 Å². The largest absolute Gasteiger partial charge is 0.461 e. The molecule has 1 aliphatic heterocycles. The Bertz CT molecular complexity index is 930. The van der Waals surface area contributed by atoms with E-state index >= 15 is 0 Å². The molecule has 0 bridgehead atoms. The molecule has 6 nitrogen and oxygen atoms in total. The van der Waals surface area contributed by atoms with Crippen LogP contribution in [0.3, 0.4) is 0 Å². The van der Waals surface area contributed by atoms with Crippen LogP contribution in [0.4, 0.5) is 10.5 Å². The average molecular weight is 365 g/mol. The highest BCUT2D eigenvalue weighted by atomic mass is 16.3. The van der Waals surface area contributed by atoms with Crippen LogP contribution in [-0.2, 0) is 0 Å². The molecular formula is C21H23N3O3. The van der Waals surface area contributed by atoms with Gasteiger partial charge in [-0.25, -0.2) is 4.79 Å². The summed E-state index contributed by atoms with van der Waals surface area (Å²) in [5.74, 6) is 0.969. The van der Waals surface area contributed by atoms with Gasteiger partial charge in [0.25, 0.3) is 0 Å². The van der Waals surface area contributed by atoms with Crippen molar-refractivity contribution in [2.45, 2.75) is 25.9 Å². The van der Waals surface area contributed by atoms with Crippen molar-refractivity contribution < 1.29 is 14.3 Å². The summed E-state index contributed by atoms with van der Waals surface area (Å²) in [7, 11) is 0. The van der Waals surface area contributed by atoms with Crippen LogP contribution in [0, 0.1) is 12.8 Å². The minimum Gasteiger partial charge on any atom is -0.461 e. The van der Waals surface area contributed by atoms with E-state index in [4.69, 9.17) is 4.42 Å². The highest BCUT2D eigenvalue weighted by molar-refractivity contribution is 5.92. The molecule has 6 heteroatoms. The van der Waals surface area contributed by atoms with E-state index in [-0.39, 0.29) is 11.9 Å². The molecule has 0 spiro atoms. The zero-order chi connectivity index (χ0) is 18.8. The molecule has 0 saturated carbocycles. The number of aliphatic hydroxyl groups excluding tert-OH is 1. The molecule has 2 amide bonds. The summed E-state index contributed by atoms with van der Waals surface area (Å²) in [6, 6.07) is 13.0. The van der Waals surface area contributed by atoms with Gasteiger partial charge in [-0.1, -0.05) is 6.07 Å². The van der Waals surface area contributed by atoms with E-state index in [0.29, 0.717) is 18.8 Å². The van der Waals surface area contributed by atoms with E-state index in [1.54, 1.807) is 11.1 Å². The number of hydrogen-bond donors (Lipinski definition) is 2. The summed E-state index contributed by atoms with van der Waals surface area (Å²) >= 11 is 0. The predicted molar refractivity (Wildman–Crippen MR) is 103 cm³/mol. The maximum Gasteiger partial charge on any atom is 0.321 e. The van der Waals surface area contributed by atoms with Gasteiger partial charge in [0, 0.05) is 30.4 Å². The van der Waals surface area contributed by atoms with Crippen molar-refractivity contribution in [1.82, 2.24) is 9.88 Å². The summed E-state index contributed by atoms with van der Waals surface area (Å²) in [5, 5.41) is 14.5. The van der Waals surface area contributed by atoms with Gasteiger partial charge in [0.1, 0.15) is 11.3 Å². The zero-order valence-corrected chi connectivity index (χ0v) is 15.3. The third-order valence-electron chi connectivity index (χ3n) is 5.15. The van der Waals surface area contributed by atoms with Crippen molar-refractivity contribution in [1.29, 1.82) is 0 Å². The van der Waals surface area contributed by atoms with Crippen LogP contribution in [-0.4, -0.2) is 34.1 Å². The number of pyridine rings is 1. The van der Waals surface area contributed by atoms with Crippen LogP contribution >= 0.6 is 0 Å². The number of carbonyl (C=O) groups is 1. The maximum atomic E-state index is 12.6. The Hall–Kier alpha value is -2.86. The Morgan fingerprint density at radius 3 is 2.81 bits per heavy atom. The predicted octanol–water partition coefficient (Wildman–Crippen LogP) is 4.11. The number of aliphatic hydroxyl groups is 1. The molecule has 0 aliphatic carbocycles. The van der Waals surface area contributed by atoms with Crippen LogP contribution in [0.1, 0.15) is 30.4 Å². The summed E-state index contributed by atoms with van der Waals surface area (Å²) < 4.78 is 5.56. The molecule has 1 atom stereocenters. The molecular weight excluding hydrogens is 342 g/mol. The van der Waals surface area contributed by atoms with Gasteiger partial charge >= 0.3 is 6.03 Å². The van der Waals surface area contributed by atoms with Crippen molar-refractivity contribution in [2.75, 3.05) is 18.4 Å². The molecule has 140 valence electrons. The lowest BCUT2D eigenvalue weighted by Crippen LogP contribution is -2.42. The van der Waals surface area contributed by atoms with E-state index < -0.39 is 6.10 Å². The molecule has 1 fully saturated rings. The van der Waals surface area contributed by atoms with Crippen molar-refractivity contribution in [2.24, 2.45) is 5.92 Å². The van der Waals surface area contributed by atoms with Gasteiger partial charge in [0.05, 0.1) is 11.8 Å². The lowest BCUT2D eigenvalue weighted by molar-refractivity contribution is 0.0652. The normalized spacial score (nSPS) is 16.4. The van der Waals surface area contributed by atoms with E-state index in [1.807, 2.05) is 49.4 Å². The van der Waals surface area contributed by atoms with E-state index in [2.05, 4.69) is 10.3 Å². The molecule has 4 rings (SSSR count). The molecule has 0 unspecified atom stereocenters. The van der Waals surface area contributed by atoms with Gasteiger partial charge in [0.2, 0.25) is 0 Å². The number of nitrogens with zero attached hydrogens (tertiary/aromatic N) is 2. The number of aryl methyl sites for hydroxylation is 1. The molecule has 3 aromatic rings. The minimum atomic E-state index is -0.580. The van der Waals surface area contributed by atoms with Gasteiger partial charge in [-0.2, -0.15) is 0 Å². The smallest absolute Gasteiger partial charge is 0.321 e. The van der Waals surface area contributed by atoms with Gasteiger partial charge in [-0.3, -0.25) is 4.98 Å². The number of anilines is 1. The third kappa shape index (κ3) is 3.80. The van der Waals surface area contributed by atoms with Crippen LogP contribution in [0.15, 0.2) is 53.1 Å². The number of furan rings is 1. The topological polar surface area (TPSA) is 78.6 Å². The van der Waals surface area contributed by atoms with Crippen LogP contribution in [0.5, 0.6) is 0 Å². The number of hydrogen-bond acceptors (Lipinski definition) is 4.